The standard InChI is InChI=1S/C20H19N5O/c26-20(21-13-19-23-17-8-4-5-9-18(17)24-19)11-10-15-12-22-25(14-15)16-6-2-1-3-7-16/h1-9,12,14H,10-11,13H2,(H,21,26)(H,23,24). The lowest BCUT2D eigenvalue weighted by atomic mass is 10.2. The first-order valence-corrected chi connectivity index (χ1v) is 8.57. The number of hydrogen-bond acceptors (Lipinski definition) is 3. The molecule has 0 aliphatic rings. The van der Waals surface area contributed by atoms with Crippen LogP contribution in [0.1, 0.15) is 17.8 Å². The molecule has 0 fully saturated rings. The molecule has 0 aliphatic heterocycles. The first-order chi connectivity index (χ1) is 12.8. The van der Waals surface area contributed by atoms with Crippen molar-refractivity contribution in [1.82, 2.24) is 25.1 Å². The third-order valence-electron chi connectivity index (χ3n) is 4.19. The van der Waals surface area contributed by atoms with E-state index in [1.165, 1.54) is 0 Å². The number of aryl methyl sites for hydroxylation is 1. The van der Waals surface area contributed by atoms with Gasteiger partial charge in [-0.05, 0) is 36.2 Å². The molecule has 0 saturated carbocycles. The van der Waals surface area contributed by atoms with Gasteiger partial charge in [-0.25, -0.2) is 9.67 Å². The zero-order valence-electron chi connectivity index (χ0n) is 14.2. The summed E-state index contributed by atoms with van der Waals surface area (Å²) in [5.74, 6) is 0.759. The number of aromatic nitrogens is 4. The summed E-state index contributed by atoms with van der Waals surface area (Å²) in [4.78, 5) is 19.8. The van der Waals surface area contributed by atoms with Crippen LogP contribution in [0, 0.1) is 0 Å². The van der Waals surface area contributed by atoms with Gasteiger partial charge < -0.3 is 10.3 Å². The maximum Gasteiger partial charge on any atom is 0.220 e. The van der Waals surface area contributed by atoms with Gasteiger partial charge in [0.2, 0.25) is 5.91 Å². The van der Waals surface area contributed by atoms with Crippen LogP contribution in [-0.4, -0.2) is 25.7 Å². The van der Waals surface area contributed by atoms with Crippen molar-refractivity contribution in [2.45, 2.75) is 19.4 Å². The molecule has 0 spiro atoms. The molecule has 1 amide bonds. The lowest BCUT2D eigenvalue weighted by Gasteiger charge is -2.02. The number of para-hydroxylation sites is 3. The second-order valence-corrected chi connectivity index (χ2v) is 6.11. The number of carbonyl (C=O) groups excluding carboxylic acids is 1. The number of imidazole rings is 1. The highest BCUT2D eigenvalue weighted by molar-refractivity contribution is 5.77. The number of nitrogens with one attached hydrogen (secondary N) is 2. The van der Waals surface area contributed by atoms with Gasteiger partial charge in [0, 0.05) is 12.6 Å². The average Bonchev–Trinajstić information content (AvgIpc) is 3.32. The smallest absolute Gasteiger partial charge is 0.220 e. The molecule has 6 heteroatoms. The Hall–Kier alpha value is -3.41. The van der Waals surface area contributed by atoms with Crippen LogP contribution in [0.5, 0.6) is 0 Å². The zero-order chi connectivity index (χ0) is 17.8. The molecule has 2 aromatic heterocycles. The number of carbonyl (C=O) groups is 1. The normalized spacial score (nSPS) is 10.9. The maximum atomic E-state index is 12.1. The topological polar surface area (TPSA) is 75.6 Å². The molecule has 0 unspecified atom stereocenters. The molecule has 0 atom stereocenters. The molecule has 4 rings (SSSR count). The van der Waals surface area contributed by atoms with Gasteiger partial charge in [-0.2, -0.15) is 5.10 Å². The first kappa shape index (κ1) is 16.1. The van der Waals surface area contributed by atoms with E-state index in [-0.39, 0.29) is 5.91 Å². The minimum atomic E-state index is -0.00193. The van der Waals surface area contributed by atoms with Crippen LogP contribution < -0.4 is 5.32 Å². The Morgan fingerprint density at radius 2 is 1.88 bits per heavy atom. The van der Waals surface area contributed by atoms with Crippen molar-refractivity contribution in [2.24, 2.45) is 0 Å². The van der Waals surface area contributed by atoms with Crippen molar-refractivity contribution in [1.29, 1.82) is 0 Å². The lowest BCUT2D eigenvalue weighted by molar-refractivity contribution is -0.121. The average molecular weight is 345 g/mol. The molecule has 2 heterocycles. The van der Waals surface area contributed by atoms with E-state index in [1.807, 2.05) is 65.5 Å². The Balaban J connectivity index is 1.29. The molecule has 2 N–H and O–H groups in total. The number of H-pyrrole nitrogens is 1. The third kappa shape index (κ3) is 3.64. The van der Waals surface area contributed by atoms with Crippen LogP contribution in [0.2, 0.25) is 0 Å². The minimum Gasteiger partial charge on any atom is -0.349 e. The summed E-state index contributed by atoms with van der Waals surface area (Å²) >= 11 is 0. The van der Waals surface area contributed by atoms with Crippen LogP contribution in [0.15, 0.2) is 67.0 Å². The largest absolute Gasteiger partial charge is 0.349 e. The Morgan fingerprint density at radius 1 is 1.08 bits per heavy atom. The van der Waals surface area contributed by atoms with Crippen LogP contribution in [0.25, 0.3) is 16.7 Å². The molecule has 130 valence electrons. The van der Waals surface area contributed by atoms with Gasteiger partial charge in [0.1, 0.15) is 5.82 Å². The fraction of sp³-hybridized carbons (Fsp3) is 0.150. The zero-order valence-corrected chi connectivity index (χ0v) is 14.2. The molecule has 2 aromatic carbocycles. The van der Waals surface area contributed by atoms with Crippen LogP contribution in [0.4, 0.5) is 0 Å². The van der Waals surface area contributed by atoms with Crippen LogP contribution in [0.3, 0.4) is 0 Å². The summed E-state index contributed by atoms with van der Waals surface area (Å²) in [5, 5.41) is 7.26. The van der Waals surface area contributed by atoms with E-state index in [0.29, 0.717) is 19.4 Å². The molecule has 0 radical (unpaired) electrons. The SMILES string of the molecule is O=C(CCc1cnn(-c2ccccc2)c1)NCc1nc2ccccc2[nH]1. The summed E-state index contributed by atoms with van der Waals surface area (Å²) in [6.45, 7) is 0.400. The van der Waals surface area contributed by atoms with E-state index in [4.69, 9.17) is 0 Å². The molecular formula is C20H19N5O. The monoisotopic (exact) mass is 345 g/mol. The third-order valence-corrected chi connectivity index (χ3v) is 4.19. The highest BCUT2D eigenvalue weighted by Gasteiger charge is 2.07. The summed E-state index contributed by atoms with van der Waals surface area (Å²) in [6.07, 6.45) is 4.83. The predicted molar refractivity (Wildman–Crippen MR) is 99.8 cm³/mol. The van der Waals surface area contributed by atoms with E-state index in [9.17, 15) is 4.79 Å². The molecule has 4 aromatic rings. The molecule has 0 aliphatic carbocycles. The van der Waals surface area contributed by atoms with Gasteiger partial charge in [-0.1, -0.05) is 30.3 Å². The van der Waals surface area contributed by atoms with Crippen LogP contribution in [-0.2, 0) is 17.8 Å². The Labute approximate surface area is 150 Å². The summed E-state index contributed by atoms with van der Waals surface area (Å²) < 4.78 is 1.82. The number of benzene rings is 2. The number of amides is 1. The van der Waals surface area contributed by atoms with Gasteiger partial charge in [-0.3, -0.25) is 4.79 Å². The van der Waals surface area contributed by atoms with Crippen LogP contribution >= 0.6 is 0 Å². The number of hydrogen-bond donors (Lipinski definition) is 2. The van der Waals surface area contributed by atoms with Gasteiger partial charge in [0.25, 0.3) is 0 Å². The molecular weight excluding hydrogens is 326 g/mol. The molecule has 0 saturated heterocycles. The van der Waals surface area contributed by atoms with E-state index in [0.717, 1.165) is 28.1 Å². The number of fused-ring (bicyclic) bond motifs is 1. The van der Waals surface area contributed by atoms with Crippen molar-refractivity contribution in [2.75, 3.05) is 0 Å². The van der Waals surface area contributed by atoms with Gasteiger partial charge in [-0.15, -0.1) is 0 Å². The van der Waals surface area contributed by atoms with Crippen molar-refractivity contribution >= 4 is 16.9 Å². The first-order valence-electron chi connectivity index (χ1n) is 8.57. The fourth-order valence-electron chi connectivity index (χ4n) is 2.83. The highest BCUT2D eigenvalue weighted by Crippen LogP contribution is 2.11. The molecule has 26 heavy (non-hydrogen) atoms. The lowest BCUT2D eigenvalue weighted by Crippen LogP contribution is -2.23. The number of aromatic amines is 1. The highest BCUT2D eigenvalue weighted by atomic mass is 16.1. The molecule has 6 nitrogen and oxygen atoms in total. The quantitative estimate of drug-likeness (QED) is 0.564. The van der Waals surface area contributed by atoms with E-state index < -0.39 is 0 Å². The maximum absolute atomic E-state index is 12.1. The van der Waals surface area contributed by atoms with Gasteiger partial charge in [0.05, 0.1) is 29.5 Å². The second-order valence-electron chi connectivity index (χ2n) is 6.11. The Bertz CT molecular complexity index is 986. The van der Waals surface area contributed by atoms with Gasteiger partial charge >= 0.3 is 0 Å². The second kappa shape index (κ2) is 7.23. The van der Waals surface area contributed by atoms with Crippen molar-refractivity contribution in [3.8, 4) is 5.69 Å². The summed E-state index contributed by atoms with van der Waals surface area (Å²) in [5.41, 5.74) is 3.93. The van der Waals surface area contributed by atoms with Crippen molar-refractivity contribution in [3.63, 3.8) is 0 Å². The van der Waals surface area contributed by atoms with E-state index >= 15 is 0 Å². The Kier molecular flexibility index (Phi) is 4.47. The fourth-order valence-corrected chi connectivity index (χ4v) is 2.83. The van der Waals surface area contributed by atoms with E-state index in [2.05, 4.69) is 20.4 Å². The molecule has 0 bridgehead atoms. The Morgan fingerprint density at radius 3 is 2.73 bits per heavy atom. The van der Waals surface area contributed by atoms with Crippen molar-refractivity contribution < 1.29 is 4.79 Å². The van der Waals surface area contributed by atoms with Crippen molar-refractivity contribution in [3.05, 3.63) is 78.4 Å². The summed E-state index contributed by atoms with van der Waals surface area (Å²) in [6, 6.07) is 17.7. The summed E-state index contributed by atoms with van der Waals surface area (Å²) in [7, 11) is 0. The predicted octanol–water partition coefficient (Wildman–Crippen LogP) is 3.00. The van der Waals surface area contributed by atoms with Gasteiger partial charge in [0.15, 0.2) is 0 Å². The van der Waals surface area contributed by atoms with E-state index in [1.54, 1.807) is 6.20 Å². The number of rotatable bonds is 6. The number of nitrogens with zero attached hydrogens (tertiary/aromatic N) is 3. The minimum absolute atomic E-state index is 0.00193.